The van der Waals surface area contributed by atoms with Crippen molar-refractivity contribution in [2.45, 2.75) is 6.43 Å². The summed E-state index contributed by atoms with van der Waals surface area (Å²) in [6.07, 6.45) is 1.72. The maximum absolute atomic E-state index is 12.2. The lowest BCUT2D eigenvalue weighted by Gasteiger charge is -2.35. The van der Waals surface area contributed by atoms with Gasteiger partial charge in [0.2, 0.25) is 0 Å². The van der Waals surface area contributed by atoms with E-state index >= 15 is 0 Å². The maximum Gasteiger partial charge on any atom is 0.410 e. The number of anilines is 1. The summed E-state index contributed by atoms with van der Waals surface area (Å²) >= 11 is 0. The Kier molecular flexibility index (Phi) is 5.22. The maximum atomic E-state index is 12.2. The summed E-state index contributed by atoms with van der Waals surface area (Å²) in [5.41, 5.74) is 3.31. The van der Waals surface area contributed by atoms with Crippen LogP contribution in [0.4, 0.5) is 19.3 Å². The van der Waals surface area contributed by atoms with Crippen molar-refractivity contribution in [3.8, 4) is 17.3 Å². The second kappa shape index (κ2) is 7.98. The number of pyridine rings is 1. The first-order valence-electron chi connectivity index (χ1n) is 9.32. The van der Waals surface area contributed by atoms with Gasteiger partial charge in [-0.25, -0.2) is 18.6 Å². The average molecular weight is 415 g/mol. The minimum atomic E-state index is -2.69. The number of nitriles is 1. The number of amides is 1. The summed E-state index contributed by atoms with van der Waals surface area (Å²) in [6, 6.07) is 4.10. The Morgan fingerprint density at radius 2 is 2.13 bits per heavy atom. The van der Waals surface area contributed by atoms with Crippen molar-refractivity contribution in [2.75, 3.05) is 37.7 Å². The molecule has 0 saturated carbocycles. The van der Waals surface area contributed by atoms with Crippen LogP contribution in [0.5, 0.6) is 0 Å². The van der Waals surface area contributed by atoms with E-state index in [4.69, 9.17) is 0 Å². The molecule has 30 heavy (non-hydrogen) atoms. The quantitative estimate of drug-likeness (QED) is 0.702. The van der Waals surface area contributed by atoms with Gasteiger partial charge in [-0.15, -0.1) is 0 Å². The minimum Gasteiger partial charge on any atom is -0.443 e. The molecule has 1 N–H and O–H groups in total. The van der Waals surface area contributed by atoms with E-state index < -0.39 is 19.1 Å². The number of nitrogens with one attached hydrogen (secondary N) is 1. The van der Waals surface area contributed by atoms with Crippen molar-refractivity contribution < 1.29 is 18.3 Å². The predicted octanol–water partition coefficient (Wildman–Crippen LogP) is 2.36. The number of carbonyl (C=O) groups excluding carboxylic acids is 1. The van der Waals surface area contributed by atoms with Crippen LogP contribution in [0.25, 0.3) is 22.3 Å². The van der Waals surface area contributed by atoms with Crippen LogP contribution in [0.1, 0.15) is 5.56 Å². The summed E-state index contributed by atoms with van der Waals surface area (Å²) in [5.74, 6) is 0. The first kappa shape index (κ1) is 19.6. The molecular weight excluding hydrogens is 396 g/mol. The molecule has 1 amide bonds. The van der Waals surface area contributed by atoms with Crippen molar-refractivity contribution in [2.24, 2.45) is 7.05 Å². The summed E-state index contributed by atoms with van der Waals surface area (Å²) < 4.78 is 30.7. The molecule has 0 aliphatic carbocycles. The smallest absolute Gasteiger partial charge is 0.410 e. The zero-order valence-corrected chi connectivity index (χ0v) is 16.2. The number of fused-ring (bicyclic) bond motifs is 1. The summed E-state index contributed by atoms with van der Waals surface area (Å²) in [5, 5.41) is 14.7. The molecule has 0 unspecified atom stereocenters. The Morgan fingerprint density at radius 3 is 2.77 bits per heavy atom. The van der Waals surface area contributed by atoms with Crippen molar-refractivity contribution in [3.05, 3.63) is 30.2 Å². The topological polar surface area (TPSA) is 103 Å². The fourth-order valence-electron chi connectivity index (χ4n) is 3.60. The van der Waals surface area contributed by atoms with E-state index in [0.29, 0.717) is 48.5 Å². The van der Waals surface area contributed by atoms with Crippen LogP contribution in [0, 0.1) is 11.3 Å². The number of alkyl halides is 2. The molecule has 1 aliphatic heterocycles. The first-order chi connectivity index (χ1) is 14.5. The van der Waals surface area contributed by atoms with E-state index in [1.54, 1.807) is 24.1 Å². The fourth-order valence-corrected chi connectivity index (χ4v) is 3.60. The van der Waals surface area contributed by atoms with Crippen molar-refractivity contribution in [1.82, 2.24) is 24.6 Å². The zero-order chi connectivity index (χ0) is 21.3. The number of aromatic nitrogens is 4. The van der Waals surface area contributed by atoms with E-state index in [2.05, 4.69) is 25.9 Å². The molecule has 3 aromatic rings. The number of aromatic amines is 1. The van der Waals surface area contributed by atoms with Gasteiger partial charge >= 0.3 is 6.09 Å². The second-order valence-corrected chi connectivity index (χ2v) is 6.89. The lowest BCUT2D eigenvalue weighted by molar-refractivity contribution is 0.0311. The minimum absolute atomic E-state index is 0.327. The van der Waals surface area contributed by atoms with Crippen molar-refractivity contribution >= 4 is 22.8 Å². The highest BCUT2D eigenvalue weighted by molar-refractivity contribution is 6.00. The molecule has 1 saturated heterocycles. The van der Waals surface area contributed by atoms with Gasteiger partial charge < -0.3 is 19.5 Å². The van der Waals surface area contributed by atoms with Gasteiger partial charge in [0.25, 0.3) is 6.43 Å². The number of hydrogen-bond donors (Lipinski definition) is 1. The van der Waals surface area contributed by atoms with Gasteiger partial charge in [-0.05, 0) is 6.07 Å². The van der Waals surface area contributed by atoms with E-state index in [1.807, 2.05) is 17.2 Å². The standard InChI is InChI=1S/C19H19F2N7O2/c1-26-10-12(9-24-26)17-13(8-22)16-14(2-3-23-18(16)25-17)27-4-6-28(7-5-27)19(29)30-11-15(20)21/h2-3,9-10,15H,4-7,11H2,1H3,(H,23,25). The number of hydrogen-bond acceptors (Lipinski definition) is 6. The van der Waals surface area contributed by atoms with Crippen LogP contribution in [-0.4, -0.2) is 70.0 Å². The number of H-pyrrole nitrogens is 1. The number of halogens is 2. The third-order valence-corrected chi connectivity index (χ3v) is 4.99. The van der Waals surface area contributed by atoms with E-state index in [-0.39, 0.29) is 0 Å². The van der Waals surface area contributed by atoms with Gasteiger partial charge in [0.05, 0.1) is 28.5 Å². The summed E-state index contributed by atoms with van der Waals surface area (Å²) in [6.45, 7) is 0.694. The van der Waals surface area contributed by atoms with E-state index in [0.717, 1.165) is 11.3 Å². The lowest BCUT2D eigenvalue weighted by Crippen LogP contribution is -2.49. The van der Waals surface area contributed by atoms with Gasteiger partial charge in [0.15, 0.2) is 6.61 Å². The van der Waals surface area contributed by atoms with Gasteiger partial charge in [-0.3, -0.25) is 4.68 Å². The van der Waals surface area contributed by atoms with Crippen molar-refractivity contribution in [3.63, 3.8) is 0 Å². The largest absolute Gasteiger partial charge is 0.443 e. The SMILES string of the molecule is Cn1cc(-c2[nH]c3nccc(N4CCN(C(=O)OCC(F)F)CC4)c3c2C#N)cn1. The number of rotatable bonds is 4. The molecule has 0 spiro atoms. The van der Waals surface area contributed by atoms with Crippen LogP contribution < -0.4 is 4.90 Å². The summed E-state index contributed by atoms with van der Waals surface area (Å²) in [7, 11) is 1.80. The molecule has 0 atom stereocenters. The van der Waals surface area contributed by atoms with Gasteiger partial charge in [0, 0.05) is 51.2 Å². The average Bonchev–Trinajstić information content (AvgIpc) is 3.34. The Labute approximate surface area is 170 Å². The molecule has 1 fully saturated rings. The van der Waals surface area contributed by atoms with E-state index in [9.17, 15) is 18.8 Å². The highest BCUT2D eigenvalue weighted by atomic mass is 19.3. The highest BCUT2D eigenvalue weighted by Gasteiger charge is 2.26. The van der Waals surface area contributed by atoms with Gasteiger partial charge in [0.1, 0.15) is 11.7 Å². The molecular formula is C19H19F2N7O2. The molecule has 11 heteroatoms. The number of nitrogens with zero attached hydrogens (tertiary/aromatic N) is 6. The summed E-state index contributed by atoms with van der Waals surface area (Å²) in [4.78, 5) is 22.9. The van der Waals surface area contributed by atoms with E-state index in [1.165, 1.54) is 4.90 Å². The van der Waals surface area contributed by atoms with Crippen LogP contribution >= 0.6 is 0 Å². The molecule has 1 aliphatic rings. The van der Waals surface area contributed by atoms with Gasteiger partial charge in [-0.2, -0.15) is 10.4 Å². The normalized spacial score (nSPS) is 14.4. The number of carbonyl (C=O) groups is 1. The second-order valence-electron chi connectivity index (χ2n) is 6.89. The monoisotopic (exact) mass is 415 g/mol. The zero-order valence-electron chi connectivity index (χ0n) is 16.2. The Morgan fingerprint density at radius 1 is 1.37 bits per heavy atom. The van der Waals surface area contributed by atoms with Crippen LogP contribution in [0.2, 0.25) is 0 Å². The first-order valence-corrected chi connectivity index (χ1v) is 9.32. The number of aryl methyl sites for hydroxylation is 1. The number of piperazine rings is 1. The Bertz CT molecular complexity index is 1110. The Hall–Kier alpha value is -3.68. The molecule has 4 heterocycles. The van der Waals surface area contributed by atoms with Crippen LogP contribution in [0.15, 0.2) is 24.7 Å². The molecule has 0 bridgehead atoms. The highest BCUT2D eigenvalue weighted by Crippen LogP contribution is 2.35. The van der Waals surface area contributed by atoms with Gasteiger partial charge in [-0.1, -0.05) is 0 Å². The fraction of sp³-hybridized carbons (Fsp3) is 0.368. The molecule has 3 aromatic heterocycles. The molecule has 156 valence electrons. The predicted molar refractivity (Wildman–Crippen MR) is 104 cm³/mol. The molecule has 0 aromatic carbocycles. The molecule has 4 rings (SSSR count). The van der Waals surface area contributed by atoms with Crippen molar-refractivity contribution in [1.29, 1.82) is 5.26 Å². The lowest BCUT2D eigenvalue weighted by atomic mass is 10.1. The molecule has 9 nitrogen and oxygen atoms in total. The van der Waals surface area contributed by atoms with Crippen LogP contribution in [0.3, 0.4) is 0 Å². The molecule has 0 radical (unpaired) electrons. The Balaban J connectivity index is 1.59. The van der Waals surface area contributed by atoms with Crippen LogP contribution in [-0.2, 0) is 11.8 Å². The number of ether oxygens (including phenoxy) is 1. The third-order valence-electron chi connectivity index (χ3n) is 4.99. The third kappa shape index (κ3) is 3.63.